The van der Waals surface area contributed by atoms with Gasteiger partial charge in [-0.2, -0.15) is 0 Å². The minimum atomic E-state index is -3.17. The van der Waals surface area contributed by atoms with Gasteiger partial charge in [-0.05, 0) is 24.6 Å². The maximum Gasteiger partial charge on any atom is 0.211 e. The molecule has 0 amide bonds. The molecule has 0 radical (unpaired) electrons. The van der Waals surface area contributed by atoms with Gasteiger partial charge in [0, 0.05) is 37.8 Å². The highest BCUT2D eigenvalue weighted by Crippen LogP contribution is 2.23. The van der Waals surface area contributed by atoms with Crippen molar-refractivity contribution in [2.24, 2.45) is 0 Å². The maximum atomic E-state index is 13.1. The Bertz CT molecular complexity index is 776. The van der Waals surface area contributed by atoms with Gasteiger partial charge >= 0.3 is 0 Å². The summed E-state index contributed by atoms with van der Waals surface area (Å²) in [6.07, 6.45) is 0. The highest BCUT2D eigenvalue weighted by molar-refractivity contribution is 7.89. The zero-order chi connectivity index (χ0) is 18.3. The van der Waals surface area contributed by atoms with Crippen molar-refractivity contribution in [1.29, 1.82) is 0 Å². The third kappa shape index (κ3) is 6.77. The maximum absolute atomic E-state index is 13.1. The Labute approximate surface area is 146 Å². The zero-order valence-corrected chi connectivity index (χ0v) is 14.6. The van der Waals surface area contributed by atoms with Gasteiger partial charge in [-0.15, -0.1) is 0 Å². The van der Waals surface area contributed by atoms with Crippen LogP contribution in [-0.4, -0.2) is 27.3 Å². The molecule has 0 saturated carbocycles. The summed E-state index contributed by atoms with van der Waals surface area (Å²) in [5.41, 5.74) is 0.969. The first kappa shape index (κ1) is 19.3. The molecule has 8 heteroatoms. The molecule has 2 N–H and O–H groups in total. The summed E-state index contributed by atoms with van der Waals surface area (Å²) in [6.45, 7) is 2.96. The van der Waals surface area contributed by atoms with E-state index >= 15 is 0 Å². The van der Waals surface area contributed by atoms with E-state index in [2.05, 4.69) is 10.0 Å². The summed E-state index contributed by atoms with van der Waals surface area (Å²) in [5, 5.41) is 3.12. The number of nitrogens with one attached hydrogen (secondary N) is 2. The molecule has 0 heterocycles. The summed E-state index contributed by atoms with van der Waals surface area (Å²) in [4.78, 5) is 0. The van der Waals surface area contributed by atoms with Crippen molar-refractivity contribution in [3.8, 4) is 11.5 Å². The number of halogens is 2. The molecule has 0 aliphatic rings. The highest BCUT2D eigenvalue weighted by Gasteiger charge is 2.05. The Kier molecular flexibility index (Phi) is 6.86. The van der Waals surface area contributed by atoms with Crippen molar-refractivity contribution in [2.45, 2.75) is 13.5 Å². The molecule has 0 aliphatic carbocycles. The van der Waals surface area contributed by atoms with E-state index in [0.717, 1.165) is 23.8 Å². The SMILES string of the molecule is CCS(=O)(=O)NCCNCc1ccc(Oc2cc(F)cc(F)c2)cc1. The average Bonchev–Trinajstić information content (AvgIpc) is 2.55. The Hall–Kier alpha value is -2.03. The van der Waals surface area contributed by atoms with Crippen LogP contribution >= 0.6 is 0 Å². The summed E-state index contributed by atoms with van der Waals surface area (Å²) in [6, 6.07) is 10.0. The minimum absolute atomic E-state index is 0.0592. The van der Waals surface area contributed by atoms with Crippen LogP contribution in [0.5, 0.6) is 11.5 Å². The molecule has 0 atom stereocenters. The van der Waals surface area contributed by atoms with Crippen LogP contribution in [0, 0.1) is 11.6 Å². The third-order valence-electron chi connectivity index (χ3n) is 3.33. The Balaban J connectivity index is 1.80. The number of sulfonamides is 1. The zero-order valence-electron chi connectivity index (χ0n) is 13.8. The van der Waals surface area contributed by atoms with E-state index in [4.69, 9.17) is 4.74 Å². The van der Waals surface area contributed by atoms with Gasteiger partial charge in [-0.3, -0.25) is 0 Å². The van der Waals surface area contributed by atoms with E-state index in [1.165, 1.54) is 0 Å². The number of hydrogen-bond donors (Lipinski definition) is 2. The largest absolute Gasteiger partial charge is 0.457 e. The second-order valence-electron chi connectivity index (χ2n) is 5.33. The van der Waals surface area contributed by atoms with Crippen LogP contribution in [0.4, 0.5) is 8.78 Å². The Morgan fingerprint density at radius 3 is 2.20 bits per heavy atom. The molecule has 0 aromatic heterocycles. The molecule has 2 rings (SSSR count). The number of ether oxygens (including phenoxy) is 1. The van der Waals surface area contributed by atoms with Gasteiger partial charge in [-0.25, -0.2) is 21.9 Å². The second kappa shape index (κ2) is 8.89. The van der Waals surface area contributed by atoms with E-state index in [-0.39, 0.29) is 11.5 Å². The lowest BCUT2D eigenvalue weighted by Crippen LogP contribution is -2.32. The molecule has 25 heavy (non-hydrogen) atoms. The molecule has 0 unspecified atom stereocenters. The molecule has 0 fully saturated rings. The normalized spacial score (nSPS) is 11.5. The molecule has 136 valence electrons. The predicted molar refractivity (Wildman–Crippen MR) is 92.0 cm³/mol. The number of rotatable bonds is 9. The lowest BCUT2D eigenvalue weighted by molar-refractivity contribution is 0.468. The van der Waals surface area contributed by atoms with Gasteiger partial charge in [-0.1, -0.05) is 12.1 Å². The van der Waals surface area contributed by atoms with Crippen LogP contribution in [0.1, 0.15) is 12.5 Å². The minimum Gasteiger partial charge on any atom is -0.457 e. The van der Waals surface area contributed by atoms with E-state index in [1.54, 1.807) is 19.1 Å². The molecule has 0 aliphatic heterocycles. The van der Waals surface area contributed by atoms with Crippen molar-refractivity contribution in [3.63, 3.8) is 0 Å². The van der Waals surface area contributed by atoms with Crippen molar-refractivity contribution in [2.75, 3.05) is 18.8 Å². The second-order valence-corrected chi connectivity index (χ2v) is 7.42. The van der Waals surface area contributed by atoms with Crippen molar-refractivity contribution >= 4 is 10.0 Å². The first-order valence-electron chi connectivity index (χ1n) is 7.79. The summed E-state index contributed by atoms with van der Waals surface area (Å²) >= 11 is 0. The Morgan fingerprint density at radius 2 is 1.60 bits per heavy atom. The molecule has 0 bridgehead atoms. The lowest BCUT2D eigenvalue weighted by Gasteiger charge is -2.09. The summed E-state index contributed by atoms with van der Waals surface area (Å²) in [7, 11) is -3.17. The van der Waals surface area contributed by atoms with Gasteiger partial charge < -0.3 is 10.1 Å². The number of benzene rings is 2. The van der Waals surface area contributed by atoms with Crippen LogP contribution in [0.2, 0.25) is 0 Å². The lowest BCUT2D eigenvalue weighted by atomic mass is 10.2. The van der Waals surface area contributed by atoms with Gasteiger partial charge in [0.05, 0.1) is 5.75 Å². The smallest absolute Gasteiger partial charge is 0.211 e. The monoisotopic (exact) mass is 370 g/mol. The van der Waals surface area contributed by atoms with E-state index in [1.807, 2.05) is 12.1 Å². The van der Waals surface area contributed by atoms with E-state index in [0.29, 0.717) is 25.4 Å². The van der Waals surface area contributed by atoms with E-state index < -0.39 is 21.7 Å². The molecule has 0 spiro atoms. The fourth-order valence-electron chi connectivity index (χ4n) is 2.03. The highest BCUT2D eigenvalue weighted by atomic mass is 32.2. The first-order valence-corrected chi connectivity index (χ1v) is 9.44. The fourth-order valence-corrected chi connectivity index (χ4v) is 2.65. The van der Waals surface area contributed by atoms with Crippen LogP contribution in [0.3, 0.4) is 0 Å². The first-order chi connectivity index (χ1) is 11.9. The van der Waals surface area contributed by atoms with Crippen molar-refractivity contribution < 1.29 is 21.9 Å². The Morgan fingerprint density at radius 1 is 0.960 bits per heavy atom. The molecular formula is C17H20F2N2O3S. The fraction of sp³-hybridized carbons (Fsp3) is 0.294. The van der Waals surface area contributed by atoms with Crippen LogP contribution in [-0.2, 0) is 16.6 Å². The quantitative estimate of drug-likeness (QED) is 0.666. The van der Waals surface area contributed by atoms with E-state index in [9.17, 15) is 17.2 Å². The van der Waals surface area contributed by atoms with Crippen LogP contribution < -0.4 is 14.8 Å². The van der Waals surface area contributed by atoms with Crippen molar-refractivity contribution in [1.82, 2.24) is 10.0 Å². The molecule has 5 nitrogen and oxygen atoms in total. The van der Waals surface area contributed by atoms with Gasteiger partial charge in [0.25, 0.3) is 0 Å². The topological polar surface area (TPSA) is 67.4 Å². The standard InChI is InChI=1S/C17H20F2N2O3S/c1-2-25(22,23)21-8-7-20-12-13-3-5-16(6-4-13)24-17-10-14(18)9-15(19)11-17/h3-6,9-11,20-21H,2,7-8,12H2,1H3. The summed E-state index contributed by atoms with van der Waals surface area (Å²) < 4.78 is 56.6. The molecular weight excluding hydrogens is 350 g/mol. The molecule has 2 aromatic rings. The average molecular weight is 370 g/mol. The third-order valence-corrected chi connectivity index (χ3v) is 4.73. The van der Waals surface area contributed by atoms with Gasteiger partial charge in [0.1, 0.15) is 23.1 Å². The van der Waals surface area contributed by atoms with Crippen LogP contribution in [0.25, 0.3) is 0 Å². The van der Waals surface area contributed by atoms with Crippen molar-refractivity contribution in [3.05, 3.63) is 59.7 Å². The molecule has 0 saturated heterocycles. The van der Waals surface area contributed by atoms with Gasteiger partial charge in [0.2, 0.25) is 10.0 Å². The summed E-state index contributed by atoms with van der Waals surface area (Å²) in [5.74, 6) is -0.788. The predicted octanol–water partition coefficient (Wildman–Crippen LogP) is 2.79. The van der Waals surface area contributed by atoms with Gasteiger partial charge in [0.15, 0.2) is 0 Å². The number of hydrogen-bond acceptors (Lipinski definition) is 4. The van der Waals surface area contributed by atoms with Crippen LogP contribution in [0.15, 0.2) is 42.5 Å². The molecule has 2 aromatic carbocycles.